The molecule has 0 aliphatic carbocycles. The van der Waals surface area contributed by atoms with E-state index in [1.54, 1.807) is 15.8 Å². The van der Waals surface area contributed by atoms with E-state index in [2.05, 4.69) is 25.3 Å². The predicted molar refractivity (Wildman–Crippen MR) is 101 cm³/mol. The Hall–Kier alpha value is -3.23. The average Bonchev–Trinajstić information content (AvgIpc) is 3.22. The van der Waals surface area contributed by atoms with Crippen molar-refractivity contribution in [1.82, 2.24) is 29.9 Å². The molecule has 0 saturated carbocycles. The monoisotopic (exact) mass is 367 g/mol. The van der Waals surface area contributed by atoms with Gasteiger partial charge in [0.25, 0.3) is 11.5 Å². The first kappa shape index (κ1) is 17.2. The number of carbonyl (C=O) groups excluding carboxylic acids is 1. The third-order valence-electron chi connectivity index (χ3n) is 4.89. The summed E-state index contributed by atoms with van der Waals surface area (Å²) in [6.45, 7) is 6.54. The van der Waals surface area contributed by atoms with E-state index in [0.29, 0.717) is 42.8 Å². The minimum absolute atomic E-state index is 0.0235. The quantitative estimate of drug-likeness (QED) is 0.743. The summed E-state index contributed by atoms with van der Waals surface area (Å²) in [5, 5.41) is 10.6. The zero-order chi connectivity index (χ0) is 19.0. The lowest BCUT2D eigenvalue weighted by Crippen LogP contribution is -2.48. The van der Waals surface area contributed by atoms with Crippen LogP contribution < -0.4 is 10.5 Å². The molecule has 0 bridgehead atoms. The zero-order valence-corrected chi connectivity index (χ0v) is 15.3. The number of fused-ring (bicyclic) bond motifs is 1. The van der Waals surface area contributed by atoms with Crippen molar-refractivity contribution in [3.63, 3.8) is 0 Å². The van der Waals surface area contributed by atoms with Gasteiger partial charge < -0.3 is 9.80 Å². The van der Waals surface area contributed by atoms with Gasteiger partial charge in [0.05, 0.1) is 23.4 Å². The van der Waals surface area contributed by atoms with Crippen molar-refractivity contribution >= 4 is 22.5 Å². The fourth-order valence-corrected chi connectivity index (χ4v) is 3.32. The minimum atomic E-state index is -0.113. The van der Waals surface area contributed by atoms with E-state index >= 15 is 0 Å². The highest BCUT2D eigenvalue weighted by Crippen LogP contribution is 2.21. The van der Waals surface area contributed by atoms with Crippen LogP contribution in [0, 0.1) is 0 Å². The first-order chi connectivity index (χ1) is 13.0. The van der Waals surface area contributed by atoms with Crippen LogP contribution in [-0.4, -0.2) is 61.9 Å². The number of amides is 1. The Labute approximate surface area is 155 Å². The van der Waals surface area contributed by atoms with Gasteiger partial charge in [0.1, 0.15) is 0 Å². The van der Waals surface area contributed by atoms with Crippen molar-refractivity contribution < 1.29 is 4.79 Å². The highest BCUT2D eigenvalue weighted by molar-refractivity contribution is 5.92. The summed E-state index contributed by atoms with van der Waals surface area (Å²) in [6.07, 6.45) is 3.04. The number of aromatic nitrogens is 5. The lowest BCUT2D eigenvalue weighted by molar-refractivity contribution is 0.0741. The van der Waals surface area contributed by atoms with Gasteiger partial charge in [-0.15, -0.1) is 0 Å². The van der Waals surface area contributed by atoms with E-state index in [1.807, 2.05) is 32.0 Å². The lowest BCUT2D eigenvalue weighted by atomic mass is 10.2. The minimum Gasteiger partial charge on any atom is -0.368 e. The molecule has 1 fully saturated rings. The Morgan fingerprint density at radius 3 is 2.63 bits per heavy atom. The van der Waals surface area contributed by atoms with E-state index in [4.69, 9.17) is 0 Å². The molecular weight excluding hydrogens is 346 g/mol. The van der Waals surface area contributed by atoms with Crippen molar-refractivity contribution in [2.24, 2.45) is 0 Å². The number of nitrogens with zero attached hydrogens (tertiary/aromatic N) is 6. The van der Waals surface area contributed by atoms with Crippen LogP contribution in [0.5, 0.6) is 0 Å². The van der Waals surface area contributed by atoms with Crippen LogP contribution >= 0.6 is 0 Å². The van der Waals surface area contributed by atoms with Gasteiger partial charge in [-0.1, -0.05) is 0 Å². The Kier molecular flexibility index (Phi) is 4.35. The first-order valence-corrected chi connectivity index (χ1v) is 8.95. The molecule has 1 aromatic carbocycles. The Bertz CT molecular complexity index is 1020. The molecule has 2 aromatic heterocycles. The fraction of sp³-hybridized carbons (Fsp3) is 0.389. The number of aromatic amines is 1. The lowest BCUT2D eigenvalue weighted by Gasteiger charge is -2.35. The molecule has 0 unspecified atom stereocenters. The van der Waals surface area contributed by atoms with E-state index in [0.717, 1.165) is 5.69 Å². The van der Waals surface area contributed by atoms with Gasteiger partial charge >= 0.3 is 0 Å². The van der Waals surface area contributed by atoms with Gasteiger partial charge in [-0.25, -0.2) is 4.98 Å². The predicted octanol–water partition coefficient (Wildman–Crippen LogP) is 1.06. The van der Waals surface area contributed by atoms with Crippen LogP contribution in [0.4, 0.5) is 5.69 Å². The molecule has 1 amide bonds. The van der Waals surface area contributed by atoms with E-state index in [9.17, 15) is 9.59 Å². The summed E-state index contributed by atoms with van der Waals surface area (Å²) in [7, 11) is 0. The van der Waals surface area contributed by atoms with Crippen molar-refractivity contribution in [3.05, 3.63) is 46.8 Å². The molecule has 1 aliphatic heterocycles. The zero-order valence-electron chi connectivity index (χ0n) is 15.3. The molecular formula is C18H21N7O2. The molecule has 140 valence electrons. The summed E-state index contributed by atoms with van der Waals surface area (Å²) in [6, 6.07) is 5.80. The first-order valence-electron chi connectivity index (χ1n) is 8.95. The van der Waals surface area contributed by atoms with Crippen molar-refractivity contribution in [3.8, 4) is 0 Å². The highest BCUT2D eigenvalue weighted by atomic mass is 16.2. The van der Waals surface area contributed by atoms with E-state index in [1.165, 1.54) is 6.20 Å². The second-order valence-corrected chi connectivity index (χ2v) is 6.89. The number of rotatable bonds is 3. The van der Waals surface area contributed by atoms with Crippen molar-refractivity contribution in [2.45, 2.75) is 19.9 Å². The van der Waals surface area contributed by atoms with Gasteiger partial charge in [0, 0.05) is 37.9 Å². The topological polar surface area (TPSA) is 100 Å². The standard InChI is InChI=1S/C18H21N7O2/c1-12(2)25-11-19-15-9-13(3-4-14(15)17(25)26)23-5-7-24(8-6-23)18(27)16-10-20-22-21-16/h3-4,9-12H,5-8H2,1-2H3,(H,20,21,22). The van der Waals surface area contributed by atoms with E-state index < -0.39 is 0 Å². The fourth-order valence-electron chi connectivity index (χ4n) is 3.32. The molecule has 4 rings (SSSR count). The summed E-state index contributed by atoms with van der Waals surface area (Å²) in [4.78, 5) is 33.3. The molecule has 3 aromatic rings. The number of piperazine rings is 1. The molecule has 9 nitrogen and oxygen atoms in total. The molecule has 0 spiro atoms. The number of benzene rings is 1. The molecule has 0 atom stereocenters. The molecule has 27 heavy (non-hydrogen) atoms. The van der Waals surface area contributed by atoms with Crippen molar-refractivity contribution in [1.29, 1.82) is 0 Å². The number of carbonyl (C=O) groups is 1. The second-order valence-electron chi connectivity index (χ2n) is 6.89. The van der Waals surface area contributed by atoms with Crippen LogP contribution in [0.25, 0.3) is 10.9 Å². The van der Waals surface area contributed by atoms with Gasteiger partial charge in [-0.3, -0.25) is 14.2 Å². The maximum Gasteiger partial charge on any atom is 0.276 e. The second kappa shape index (κ2) is 6.82. The number of hydrogen-bond acceptors (Lipinski definition) is 6. The van der Waals surface area contributed by atoms with Crippen LogP contribution in [0.15, 0.2) is 35.5 Å². The van der Waals surface area contributed by atoms with Gasteiger partial charge in [-0.05, 0) is 32.0 Å². The molecule has 9 heteroatoms. The molecule has 1 N–H and O–H groups in total. The normalized spacial score (nSPS) is 14.9. The summed E-state index contributed by atoms with van der Waals surface area (Å²) < 4.78 is 1.64. The number of H-pyrrole nitrogens is 1. The van der Waals surface area contributed by atoms with Gasteiger partial charge in [-0.2, -0.15) is 15.4 Å². The number of nitrogens with one attached hydrogen (secondary N) is 1. The smallest absolute Gasteiger partial charge is 0.276 e. The number of anilines is 1. The third-order valence-corrected chi connectivity index (χ3v) is 4.89. The van der Waals surface area contributed by atoms with Crippen LogP contribution in [0.3, 0.4) is 0 Å². The Balaban J connectivity index is 1.51. The summed E-state index contributed by atoms with van der Waals surface area (Å²) in [5.74, 6) is -0.113. The molecule has 0 radical (unpaired) electrons. The largest absolute Gasteiger partial charge is 0.368 e. The SMILES string of the molecule is CC(C)n1cnc2cc(N3CCN(C(=O)c4cn[nH]n4)CC3)ccc2c1=O. The van der Waals surface area contributed by atoms with Gasteiger partial charge in [0.2, 0.25) is 0 Å². The number of hydrogen-bond donors (Lipinski definition) is 1. The van der Waals surface area contributed by atoms with E-state index in [-0.39, 0.29) is 17.5 Å². The summed E-state index contributed by atoms with van der Waals surface area (Å²) in [5.41, 5.74) is 2.00. The summed E-state index contributed by atoms with van der Waals surface area (Å²) >= 11 is 0. The Morgan fingerprint density at radius 1 is 1.19 bits per heavy atom. The van der Waals surface area contributed by atoms with Crippen molar-refractivity contribution in [2.75, 3.05) is 31.1 Å². The average molecular weight is 367 g/mol. The maximum atomic E-state index is 12.5. The van der Waals surface area contributed by atoms with Crippen LogP contribution in [-0.2, 0) is 0 Å². The highest BCUT2D eigenvalue weighted by Gasteiger charge is 2.24. The molecule has 1 saturated heterocycles. The van der Waals surface area contributed by atoms with Crippen LogP contribution in [0.1, 0.15) is 30.4 Å². The molecule has 1 aliphatic rings. The molecule has 3 heterocycles. The van der Waals surface area contributed by atoms with Crippen LogP contribution in [0.2, 0.25) is 0 Å². The maximum absolute atomic E-state index is 12.5. The van der Waals surface area contributed by atoms with Gasteiger partial charge in [0.15, 0.2) is 5.69 Å². The third kappa shape index (κ3) is 3.16. The Morgan fingerprint density at radius 2 is 1.96 bits per heavy atom.